The minimum atomic E-state index is -3.28. The maximum absolute atomic E-state index is 12.0. The van der Waals surface area contributed by atoms with Crippen LogP contribution in [0.4, 0.5) is 0 Å². The lowest BCUT2D eigenvalue weighted by atomic mass is 10.2. The maximum Gasteiger partial charge on any atom is 0.320 e. The van der Waals surface area contributed by atoms with Gasteiger partial charge in [-0.15, -0.1) is 0 Å². The normalized spacial score (nSPS) is 13.1. The van der Waals surface area contributed by atoms with Gasteiger partial charge in [-0.3, -0.25) is 4.79 Å². The van der Waals surface area contributed by atoms with Gasteiger partial charge in [0, 0.05) is 10.2 Å². The summed E-state index contributed by atoms with van der Waals surface area (Å²) in [7, 11) is -3.28. The Morgan fingerprint density at radius 2 is 1.90 bits per heavy atom. The number of halogens is 1. The van der Waals surface area contributed by atoms with Crippen LogP contribution in [0.15, 0.2) is 33.6 Å². The minimum absolute atomic E-state index is 0.0294. The third kappa shape index (κ3) is 5.82. The third-order valence-corrected chi connectivity index (χ3v) is 6.10. The predicted molar refractivity (Wildman–Crippen MR) is 83.7 cm³/mol. The highest BCUT2D eigenvalue weighted by Gasteiger charge is 2.14. The highest BCUT2D eigenvalue weighted by atomic mass is 79.9. The molecule has 0 unspecified atom stereocenters. The highest BCUT2D eigenvalue weighted by molar-refractivity contribution is 9.10. The molecule has 0 aliphatic rings. The summed E-state index contributed by atoms with van der Waals surface area (Å²) in [6.45, 7) is 0. The van der Waals surface area contributed by atoms with Crippen molar-refractivity contribution in [1.29, 1.82) is 0 Å². The van der Waals surface area contributed by atoms with E-state index in [0.717, 1.165) is 4.47 Å². The van der Waals surface area contributed by atoms with E-state index in [2.05, 4.69) is 15.9 Å². The molecule has 1 rings (SSSR count). The van der Waals surface area contributed by atoms with Crippen molar-refractivity contribution in [2.45, 2.75) is 17.4 Å². The average molecular weight is 382 g/mol. The second kappa shape index (κ2) is 8.02. The van der Waals surface area contributed by atoms with Crippen LogP contribution < -0.4 is 5.73 Å². The van der Waals surface area contributed by atoms with Crippen LogP contribution >= 0.6 is 27.7 Å². The van der Waals surface area contributed by atoms with Crippen LogP contribution in [0, 0.1) is 0 Å². The van der Waals surface area contributed by atoms with Gasteiger partial charge in [0.1, 0.15) is 6.04 Å². The molecule has 0 saturated heterocycles. The molecule has 0 aliphatic heterocycles. The molecule has 112 valence electrons. The molecule has 0 aliphatic carbocycles. The molecule has 0 heterocycles. The lowest BCUT2D eigenvalue weighted by Gasteiger charge is -2.07. The van der Waals surface area contributed by atoms with Crippen LogP contribution in [0.5, 0.6) is 0 Å². The Bertz CT molecular complexity index is 545. The van der Waals surface area contributed by atoms with E-state index in [1.165, 1.54) is 11.8 Å². The predicted octanol–water partition coefficient (Wildman–Crippen LogP) is 1.76. The van der Waals surface area contributed by atoms with Gasteiger partial charge in [0.25, 0.3) is 0 Å². The smallest absolute Gasteiger partial charge is 0.320 e. The van der Waals surface area contributed by atoms with Gasteiger partial charge in [0.15, 0.2) is 9.84 Å². The molecule has 0 amide bonds. The van der Waals surface area contributed by atoms with Crippen LogP contribution in [-0.2, 0) is 14.6 Å². The number of hydrogen-bond donors (Lipinski definition) is 2. The number of thioether (sulfide) groups is 1. The molecule has 3 N–H and O–H groups in total. The molecule has 8 heteroatoms. The topological polar surface area (TPSA) is 97.5 Å². The Morgan fingerprint density at radius 3 is 2.45 bits per heavy atom. The van der Waals surface area contributed by atoms with Crippen LogP contribution in [-0.4, -0.2) is 42.8 Å². The summed E-state index contributed by atoms with van der Waals surface area (Å²) in [5, 5.41) is 8.60. The van der Waals surface area contributed by atoms with E-state index >= 15 is 0 Å². The first kappa shape index (κ1) is 17.5. The molecule has 0 fully saturated rings. The second-order valence-electron chi connectivity index (χ2n) is 4.12. The van der Waals surface area contributed by atoms with Gasteiger partial charge in [-0.05, 0) is 36.4 Å². The van der Waals surface area contributed by atoms with Crippen LogP contribution in [0.3, 0.4) is 0 Å². The zero-order valence-electron chi connectivity index (χ0n) is 10.7. The molecule has 0 spiro atoms. The number of rotatable bonds is 8. The molecule has 20 heavy (non-hydrogen) atoms. The number of benzene rings is 1. The number of carboxylic acids is 1. The number of sulfone groups is 1. The first-order valence-electron chi connectivity index (χ1n) is 5.87. The third-order valence-electron chi connectivity index (χ3n) is 2.56. The molecule has 0 bridgehead atoms. The fourth-order valence-electron chi connectivity index (χ4n) is 1.36. The van der Waals surface area contributed by atoms with Crippen molar-refractivity contribution in [3.05, 3.63) is 28.7 Å². The molecule has 0 aromatic heterocycles. The maximum atomic E-state index is 12.0. The zero-order chi connectivity index (χ0) is 15.2. The van der Waals surface area contributed by atoms with Crippen molar-refractivity contribution in [3.63, 3.8) is 0 Å². The first-order chi connectivity index (χ1) is 9.33. The van der Waals surface area contributed by atoms with Gasteiger partial charge < -0.3 is 10.8 Å². The van der Waals surface area contributed by atoms with Crippen molar-refractivity contribution < 1.29 is 18.3 Å². The van der Waals surface area contributed by atoms with E-state index in [1.807, 2.05) is 0 Å². The molecule has 1 aromatic rings. The Kier molecular flexibility index (Phi) is 7.01. The second-order valence-corrected chi connectivity index (χ2v) is 8.37. The summed E-state index contributed by atoms with van der Waals surface area (Å²) in [4.78, 5) is 10.8. The molecule has 5 nitrogen and oxygen atoms in total. The van der Waals surface area contributed by atoms with E-state index in [9.17, 15) is 13.2 Å². The first-order valence-corrected chi connectivity index (χ1v) is 9.47. The van der Waals surface area contributed by atoms with Gasteiger partial charge >= 0.3 is 5.97 Å². The molecule has 1 atom stereocenters. The molecule has 0 saturated carbocycles. The fourth-order valence-corrected chi connectivity index (χ4v) is 4.39. The van der Waals surface area contributed by atoms with Gasteiger partial charge in [0.2, 0.25) is 0 Å². The lowest BCUT2D eigenvalue weighted by molar-refractivity contribution is -0.138. The minimum Gasteiger partial charge on any atom is -0.480 e. The summed E-state index contributed by atoms with van der Waals surface area (Å²) >= 11 is 4.64. The van der Waals surface area contributed by atoms with Crippen molar-refractivity contribution in [1.82, 2.24) is 0 Å². The Labute approximate surface area is 131 Å². The molecule has 1 aromatic carbocycles. The summed E-state index contributed by atoms with van der Waals surface area (Å²) in [5.41, 5.74) is 5.35. The molecule has 0 radical (unpaired) electrons. The van der Waals surface area contributed by atoms with Gasteiger partial charge in [-0.1, -0.05) is 15.9 Å². The average Bonchev–Trinajstić information content (AvgIpc) is 2.38. The summed E-state index contributed by atoms with van der Waals surface area (Å²) < 4.78 is 24.8. The summed E-state index contributed by atoms with van der Waals surface area (Å²) in [5.74, 6) is -0.0524. The SMILES string of the molecule is N[C@@H](CCSCCS(=O)(=O)c1ccc(Br)cc1)C(=O)O. The van der Waals surface area contributed by atoms with Crippen LogP contribution in [0.2, 0.25) is 0 Å². The summed E-state index contributed by atoms with van der Waals surface area (Å²) in [6.07, 6.45) is 0.332. The highest BCUT2D eigenvalue weighted by Crippen LogP contribution is 2.17. The molecular formula is C12H16BrNO4S2. The fraction of sp³-hybridized carbons (Fsp3) is 0.417. The van der Waals surface area contributed by atoms with E-state index in [0.29, 0.717) is 22.8 Å². The van der Waals surface area contributed by atoms with E-state index in [4.69, 9.17) is 10.8 Å². The number of carboxylic acid groups (broad SMARTS) is 1. The number of carbonyl (C=O) groups is 1. The van der Waals surface area contributed by atoms with Crippen LogP contribution in [0.1, 0.15) is 6.42 Å². The molecular weight excluding hydrogens is 366 g/mol. The Balaban J connectivity index is 2.37. The van der Waals surface area contributed by atoms with Crippen molar-refractivity contribution in [3.8, 4) is 0 Å². The van der Waals surface area contributed by atoms with E-state index in [1.54, 1.807) is 24.3 Å². The van der Waals surface area contributed by atoms with Gasteiger partial charge in [-0.2, -0.15) is 11.8 Å². The van der Waals surface area contributed by atoms with Crippen molar-refractivity contribution in [2.75, 3.05) is 17.3 Å². The van der Waals surface area contributed by atoms with E-state index in [-0.39, 0.29) is 5.75 Å². The summed E-state index contributed by atoms with van der Waals surface area (Å²) in [6, 6.07) is 5.61. The van der Waals surface area contributed by atoms with Crippen LogP contribution in [0.25, 0.3) is 0 Å². The number of hydrogen-bond acceptors (Lipinski definition) is 5. The standard InChI is InChI=1S/C12H16BrNO4S2/c13-9-1-3-10(4-2-9)20(17,18)8-7-19-6-5-11(14)12(15)16/h1-4,11H,5-8,14H2,(H,15,16)/t11-/m0/s1. The van der Waals surface area contributed by atoms with E-state index < -0.39 is 21.8 Å². The van der Waals surface area contributed by atoms with Gasteiger partial charge in [0.05, 0.1) is 10.6 Å². The van der Waals surface area contributed by atoms with Crippen molar-refractivity contribution in [2.24, 2.45) is 5.73 Å². The number of aliphatic carboxylic acids is 1. The largest absolute Gasteiger partial charge is 0.480 e. The number of nitrogens with two attached hydrogens (primary N) is 1. The Hall–Kier alpha value is -0.570. The zero-order valence-corrected chi connectivity index (χ0v) is 13.9. The van der Waals surface area contributed by atoms with Gasteiger partial charge in [-0.25, -0.2) is 8.42 Å². The quantitative estimate of drug-likeness (QED) is 0.665. The van der Waals surface area contributed by atoms with Crippen molar-refractivity contribution >= 4 is 43.5 Å². The monoisotopic (exact) mass is 381 g/mol. The Morgan fingerprint density at radius 1 is 1.30 bits per heavy atom. The lowest BCUT2D eigenvalue weighted by Crippen LogP contribution is -2.30.